The fourth-order valence-corrected chi connectivity index (χ4v) is 3.62. The first-order chi connectivity index (χ1) is 9.56. The Morgan fingerprint density at radius 1 is 1.30 bits per heavy atom. The summed E-state index contributed by atoms with van der Waals surface area (Å²) >= 11 is 3.60. The molecule has 0 bridgehead atoms. The molecule has 0 aromatic heterocycles. The van der Waals surface area contributed by atoms with Crippen LogP contribution in [-0.4, -0.2) is 19.6 Å². The lowest BCUT2D eigenvalue weighted by atomic mass is 9.89. The fraction of sp³-hybridized carbons (Fsp3) is 0.647. The van der Waals surface area contributed by atoms with Crippen molar-refractivity contribution in [3.8, 4) is 0 Å². The molecule has 0 spiro atoms. The van der Waals surface area contributed by atoms with E-state index < -0.39 is 0 Å². The van der Waals surface area contributed by atoms with E-state index in [1.165, 1.54) is 49.9 Å². The maximum Gasteiger partial charge on any atom is 0.0408 e. The SMILES string of the molecule is CC(N)Cc1ccc(Br)cc1N(C)CC1CCCCC1. The molecule has 20 heavy (non-hydrogen) atoms. The van der Waals surface area contributed by atoms with Crippen molar-refractivity contribution in [2.24, 2.45) is 11.7 Å². The third-order valence-corrected chi connectivity index (χ3v) is 4.75. The number of halogens is 1. The van der Waals surface area contributed by atoms with Crippen molar-refractivity contribution in [1.82, 2.24) is 0 Å². The third kappa shape index (κ3) is 4.49. The van der Waals surface area contributed by atoms with E-state index in [1.54, 1.807) is 0 Å². The monoisotopic (exact) mass is 338 g/mol. The zero-order chi connectivity index (χ0) is 14.5. The Morgan fingerprint density at radius 2 is 2.00 bits per heavy atom. The smallest absolute Gasteiger partial charge is 0.0408 e. The summed E-state index contributed by atoms with van der Waals surface area (Å²) in [5.74, 6) is 0.857. The minimum Gasteiger partial charge on any atom is -0.374 e. The van der Waals surface area contributed by atoms with Crippen LogP contribution < -0.4 is 10.6 Å². The molecule has 1 fully saturated rings. The van der Waals surface area contributed by atoms with Gasteiger partial charge in [-0.1, -0.05) is 41.3 Å². The predicted octanol–water partition coefficient (Wildman–Crippen LogP) is 4.36. The Hall–Kier alpha value is -0.540. The van der Waals surface area contributed by atoms with Gasteiger partial charge in [0.2, 0.25) is 0 Å². The first kappa shape index (κ1) is 15.8. The lowest BCUT2D eigenvalue weighted by molar-refractivity contribution is 0.362. The van der Waals surface area contributed by atoms with E-state index in [1.807, 2.05) is 0 Å². The molecule has 0 amide bonds. The molecule has 1 saturated carbocycles. The van der Waals surface area contributed by atoms with Crippen LogP contribution in [0.3, 0.4) is 0 Å². The van der Waals surface area contributed by atoms with Gasteiger partial charge >= 0.3 is 0 Å². The number of nitrogens with zero attached hydrogens (tertiary/aromatic N) is 1. The second-order valence-corrected chi connectivity index (χ2v) is 7.25. The van der Waals surface area contributed by atoms with Crippen LogP contribution in [-0.2, 0) is 6.42 Å². The van der Waals surface area contributed by atoms with Gasteiger partial charge in [0.15, 0.2) is 0 Å². The predicted molar refractivity (Wildman–Crippen MR) is 91.3 cm³/mol. The second kappa shape index (κ2) is 7.46. The number of anilines is 1. The highest BCUT2D eigenvalue weighted by Crippen LogP contribution is 2.29. The Bertz CT molecular complexity index is 425. The van der Waals surface area contributed by atoms with Crippen LogP contribution >= 0.6 is 15.9 Å². The number of benzene rings is 1. The van der Waals surface area contributed by atoms with E-state index in [4.69, 9.17) is 5.73 Å². The quantitative estimate of drug-likeness (QED) is 0.864. The Balaban J connectivity index is 2.10. The molecule has 1 aliphatic carbocycles. The van der Waals surface area contributed by atoms with Crippen LogP contribution in [0.5, 0.6) is 0 Å². The van der Waals surface area contributed by atoms with E-state index in [2.05, 4.69) is 53.0 Å². The average Bonchev–Trinajstić information content (AvgIpc) is 2.41. The van der Waals surface area contributed by atoms with Crippen LogP contribution in [0.15, 0.2) is 22.7 Å². The molecule has 1 aromatic carbocycles. The highest BCUT2D eigenvalue weighted by molar-refractivity contribution is 9.10. The van der Waals surface area contributed by atoms with E-state index in [-0.39, 0.29) is 6.04 Å². The maximum atomic E-state index is 5.99. The minimum absolute atomic E-state index is 0.206. The van der Waals surface area contributed by atoms with Crippen LogP contribution in [0, 0.1) is 5.92 Å². The van der Waals surface area contributed by atoms with Crippen molar-refractivity contribution in [3.63, 3.8) is 0 Å². The molecule has 1 unspecified atom stereocenters. The third-order valence-electron chi connectivity index (χ3n) is 4.26. The topological polar surface area (TPSA) is 29.3 Å². The van der Waals surface area contributed by atoms with Gasteiger partial charge < -0.3 is 10.6 Å². The van der Waals surface area contributed by atoms with Gasteiger partial charge in [0, 0.05) is 29.8 Å². The average molecular weight is 339 g/mol. The summed E-state index contributed by atoms with van der Waals surface area (Å²) in [7, 11) is 2.22. The van der Waals surface area contributed by atoms with Gasteiger partial charge in [0.05, 0.1) is 0 Å². The number of hydrogen-bond donors (Lipinski definition) is 1. The zero-order valence-corrected chi connectivity index (χ0v) is 14.3. The van der Waals surface area contributed by atoms with Gasteiger partial charge in [-0.15, -0.1) is 0 Å². The molecule has 1 aliphatic rings. The van der Waals surface area contributed by atoms with Gasteiger partial charge in [-0.3, -0.25) is 0 Å². The molecule has 0 heterocycles. The number of hydrogen-bond acceptors (Lipinski definition) is 2. The van der Waals surface area contributed by atoms with Gasteiger partial charge in [0.25, 0.3) is 0 Å². The van der Waals surface area contributed by atoms with Crippen molar-refractivity contribution >= 4 is 21.6 Å². The summed E-state index contributed by atoms with van der Waals surface area (Å²) in [4.78, 5) is 2.43. The van der Waals surface area contributed by atoms with E-state index >= 15 is 0 Å². The van der Waals surface area contributed by atoms with E-state index in [0.29, 0.717) is 0 Å². The molecule has 0 aliphatic heterocycles. The summed E-state index contributed by atoms with van der Waals surface area (Å²) in [6, 6.07) is 6.77. The molecule has 112 valence electrons. The summed E-state index contributed by atoms with van der Waals surface area (Å²) < 4.78 is 1.15. The zero-order valence-electron chi connectivity index (χ0n) is 12.7. The van der Waals surface area contributed by atoms with Crippen molar-refractivity contribution in [1.29, 1.82) is 0 Å². The fourth-order valence-electron chi connectivity index (χ4n) is 3.27. The standard InChI is InChI=1S/C17H27BrN2/c1-13(19)10-15-8-9-16(18)11-17(15)20(2)12-14-6-4-3-5-7-14/h8-9,11,13-14H,3-7,10,12,19H2,1-2H3. The molecular formula is C17H27BrN2. The highest BCUT2D eigenvalue weighted by Gasteiger charge is 2.17. The second-order valence-electron chi connectivity index (χ2n) is 6.34. The van der Waals surface area contributed by atoms with E-state index in [0.717, 1.165) is 16.8 Å². The summed E-state index contributed by atoms with van der Waals surface area (Å²) in [5, 5.41) is 0. The van der Waals surface area contributed by atoms with Crippen molar-refractivity contribution < 1.29 is 0 Å². The lowest BCUT2D eigenvalue weighted by Crippen LogP contribution is -2.28. The van der Waals surface area contributed by atoms with Crippen LogP contribution in [0.25, 0.3) is 0 Å². The largest absolute Gasteiger partial charge is 0.374 e. The normalized spacial score (nSPS) is 18.0. The van der Waals surface area contributed by atoms with Crippen LogP contribution in [0.2, 0.25) is 0 Å². The van der Waals surface area contributed by atoms with Gasteiger partial charge in [-0.25, -0.2) is 0 Å². The molecular weight excluding hydrogens is 312 g/mol. The van der Waals surface area contributed by atoms with Crippen LogP contribution in [0.1, 0.15) is 44.6 Å². The van der Waals surface area contributed by atoms with Gasteiger partial charge in [-0.05, 0) is 49.8 Å². The van der Waals surface area contributed by atoms with Gasteiger partial charge in [0.1, 0.15) is 0 Å². The molecule has 0 radical (unpaired) electrons. The van der Waals surface area contributed by atoms with Crippen molar-refractivity contribution in [3.05, 3.63) is 28.2 Å². The summed E-state index contributed by atoms with van der Waals surface area (Å²) in [5.41, 5.74) is 8.68. The molecule has 2 rings (SSSR count). The van der Waals surface area contributed by atoms with Crippen molar-refractivity contribution in [2.75, 3.05) is 18.5 Å². The van der Waals surface area contributed by atoms with Gasteiger partial charge in [-0.2, -0.15) is 0 Å². The minimum atomic E-state index is 0.206. The number of nitrogens with two attached hydrogens (primary N) is 1. The summed E-state index contributed by atoms with van der Waals surface area (Å²) in [6.45, 7) is 3.25. The van der Waals surface area contributed by atoms with E-state index in [9.17, 15) is 0 Å². The Labute approximate surface area is 131 Å². The molecule has 1 atom stereocenters. The number of rotatable bonds is 5. The first-order valence-corrected chi connectivity index (χ1v) is 8.60. The molecule has 3 heteroatoms. The first-order valence-electron chi connectivity index (χ1n) is 7.81. The van der Waals surface area contributed by atoms with Crippen LogP contribution in [0.4, 0.5) is 5.69 Å². The Kier molecular flexibility index (Phi) is 5.91. The lowest BCUT2D eigenvalue weighted by Gasteiger charge is -2.30. The molecule has 2 N–H and O–H groups in total. The summed E-state index contributed by atoms with van der Waals surface area (Å²) in [6.07, 6.45) is 7.96. The molecule has 1 aromatic rings. The highest BCUT2D eigenvalue weighted by atomic mass is 79.9. The molecule has 2 nitrogen and oxygen atoms in total. The molecule has 0 saturated heterocycles. The maximum absolute atomic E-state index is 5.99. The van der Waals surface area contributed by atoms with Crippen molar-refractivity contribution in [2.45, 2.75) is 51.5 Å². The Morgan fingerprint density at radius 3 is 2.65 bits per heavy atom.